The molecule has 0 bridgehead atoms. The van der Waals surface area contributed by atoms with E-state index >= 15 is 0 Å². The molecule has 0 saturated carbocycles. The number of hydrogen-bond donors (Lipinski definition) is 2. The van der Waals surface area contributed by atoms with Crippen molar-refractivity contribution in [3.05, 3.63) is 30.2 Å². The summed E-state index contributed by atoms with van der Waals surface area (Å²) in [7, 11) is -2.81. The lowest BCUT2D eigenvalue weighted by Gasteiger charge is -2.33. The van der Waals surface area contributed by atoms with Crippen LogP contribution in [0, 0.1) is 11.3 Å². The summed E-state index contributed by atoms with van der Waals surface area (Å²) in [4.78, 5) is 9.09. The minimum atomic E-state index is -2.81. The first-order chi connectivity index (χ1) is 12.2. The minimum Gasteiger partial charge on any atom is -0.345 e. The molecule has 0 aliphatic carbocycles. The van der Waals surface area contributed by atoms with Gasteiger partial charge in [-0.25, -0.2) is 8.42 Å². The lowest BCUT2D eigenvalue weighted by atomic mass is 9.89. The number of nitrogens with zero attached hydrogens (tertiary/aromatic N) is 5. The molecule has 3 aromatic rings. The maximum absolute atomic E-state index is 11.4. The molecule has 128 valence electrons. The second-order valence-electron chi connectivity index (χ2n) is 6.19. The number of H-pyrrole nitrogens is 1. The second-order valence-corrected chi connectivity index (χ2v) is 7.24. The fraction of sp³-hybridized carbons (Fsp3) is 0.375. The minimum absolute atomic E-state index is 0.0954. The fourth-order valence-electron chi connectivity index (χ4n) is 3.64. The molecular weight excluding hydrogens is 340 g/mol. The monoisotopic (exact) mass is 356 g/mol. The first kappa shape index (κ1) is 15.9. The van der Waals surface area contributed by atoms with E-state index in [4.69, 9.17) is 0 Å². The van der Waals surface area contributed by atoms with Crippen molar-refractivity contribution in [2.24, 2.45) is 0 Å². The largest absolute Gasteiger partial charge is 0.345 e. The van der Waals surface area contributed by atoms with E-state index in [0.29, 0.717) is 24.3 Å². The summed E-state index contributed by atoms with van der Waals surface area (Å²) in [6.07, 6.45) is 7.08. The molecule has 1 saturated heterocycles. The zero-order chi connectivity index (χ0) is 17.4. The van der Waals surface area contributed by atoms with Crippen LogP contribution in [-0.4, -0.2) is 51.9 Å². The van der Waals surface area contributed by atoms with Crippen molar-refractivity contribution in [2.75, 3.05) is 13.1 Å². The molecule has 9 heteroatoms. The van der Waals surface area contributed by atoms with E-state index in [2.05, 4.69) is 20.2 Å². The van der Waals surface area contributed by atoms with Crippen molar-refractivity contribution in [1.29, 1.82) is 5.26 Å². The van der Waals surface area contributed by atoms with Crippen LogP contribution in [0.2, 0.25) is 0 Å². The van der Waals surface area contributed by atoms with E-state index in [0.717, 1.165) is 29.2 Å². The summed E-state index contributed by atoms with van der Waals surface area (Å²) in [6, 6.07) is 3.85. The van der Waals surface area contributed by atoms with Crippen LogP contribution in [0.3, 0.4) is 0 Å². The van der Waals surface area contributed by atoms with Crippen molar-refractivity contribution in [3.63, 3.8) is 0 Å². The van der Waals surface area contributed by atoms with Crippen LogP contribution < -0.4 is 0 Å². The lowest BCUT2D eigenvalue weighted by molar-refractivity contribution is 0.213. The van der Waals surface area contributed by atoms with Gasteiger partial charge in [0.2, 0.25) is 0 Å². The molecule has 1 fully saturated rings. The molecule has 2 unspecified atom stereocenters. The molecule has 25 heavy (non-hydrogen) atoms. The Balaban J connectivity index is 1.79. The Morgan fingerprint density at radius 3 is 3.04 bits per heavy atom. The topological polar surface area (TPSA) is 116 Å². The van der Waals surface area contributed by atoms with Crippen molar-refractivity contribution in [2.45, 2.75) is 24.1 Å². The Labute approximate surface area is 145 Å². The van der Waals surface area contributed by atoms with Crippen LogP contribution in [0.15, 0.2) is 24.7 Å². The van der Waals surface area contributed by atoms with Crippen molar-refractivity contribution >= 4 is 32.6 Å². The van der Waals surface area contributed by atoms with Gasteiger partial charge in [0.25, 0.3) is 0 Å². The van der Waals surface area contributed by atoms with E-state index in [1.54, 1.807) is 11.1 Å². The number of nitrogens with one attached hydrogen (secondary N) is 1. The van der Waals surface area contributed by atoms with Gasteiger partial charge in [0.15, 0.2) is 21.7 Å². The number of thiol groups is 1. The first-order valence-electron chi connectivity index (χ1n) is 8.03. The fourth-order valence-corrected chi connectivity index (χ4v) is 4.21. The smallest absolute Gasteiger partial charge is 0.198 e. The summed E-state index contributed by atoms with van der Waals surface area (Å²) in [6.45, 7) is 1.12. The van der Waals surface area contributed by atoms with Gasteiger partial charge in [-0.1, -0.05) is 0 Å². The molecule has 3 aromatic heterocycles. The Morgan fingerprint density at radius 2 is 2.24 bits per heavy atom. The number of aromatic nitrogens is 4. The van der Waals surface area contributed by atoms with Crippen LogP contribution in [0.5, 0.6) is 0 Å². The molecular formula is C16H16N6O2S. The Kier molecular flexibility index (Phi) is 4.07. The Morgan fingerprint density at radius 1 is 1.36 bits per heavy atom. The predicted octanol–water partition coefficient (Wildman–Crippen LogP) is 1.15. The molecule has 1 N–H and O–H groups in total. The highest BCUT2D eigenvalue weighted by atomic mass is 32.2. The molecule has 0 radical (unpaired) electrons. The summed E-state index contributed by atoms with van der Waals surface area (Å²) >= 11 is 0. The number of piperidine rings is 1. The molecule has 2 atom stereocenters. The van der Waals surface area contributed by atoms with Gasteiger partial charge in [-0.05, 0) is 30.4 Å². The number of fused-ring (bicyclic) bond motifs is 3. The van der Waals surface area contributed by atoms with Gasteiger partial charge in [-0.3, -0.25) is 9.88 Å². The van der Waals surface area contributed by atoms with Crippen molar-refractivity contribution < 1.29 is 8.42 Å². The molecule has 4 heterocycles. The summed E-state index contributed by atoms with van der Waals surface area (Å²) in [5, 5.41) is 18.5. The van der Waals surface area contributed by atoms with Gasteiger partial charge in [0.05, 0.1) is 12.3 Å². The first-order valence-corrected chi connectivity index (χ1v) is 9.28. The zero-order valence-corrected chi connectivity index (χ0v) is 14.2. The lowest BCUT2D eigenvalue weighted by Crippen LogP contribution is -2.42. The average molecular weight is 356 g/mol. The SMILES string of the molecule is N#CC(N1CCCC(c2cncc3nnc4[nH]ccc4c23)C1)[SH](=O)=O. The molecule has 1 aliphatic rings. The molecule has 0 spiro atoms. The molecule has 0 aromatic carbocycles. The average Bonchev–Trinajstić information content (AvgIpc) is 3.11. The highest BCUT2D eigenvalue weighted by Gasteiger charge is 2.29. The molecule has 1 aliphatic heterocycles. The van der Waals surface area contributed by atoms with E-state index in [9.17, 15) is 13.7 Å². The third kappa shape index (κ3) is 2.73. The molecule has 4 rings (SSSR count). The highest BCUT2D eigenvalue weighted by molar-refractivity contribution is 7.73. The summed E-state index contributed by atoms with van der Waals surface area (Å²) in [5.41, 5.74) is 2.46. The second kappa shape index (κ2) is 6.38. The van der Waals surface area contributed by atoms with Gasteiger partial charge in [-0.15, -0.1) is 10.2 Å². The van der Waals surface area contributed by atoms with E-state index in [1.165, 1.54) is 0 Å². The number of hydrogen-bond acceptors (Lipinski definition) is 7. The predicted molar refractivity (Wildman–Crippen MR) is 92.5 cm³/mol. The zero-order valence-electron chi connectivity index (χ0n) is 13.3. The maximum Gasteiger partial charge on any atom is 0.198 e. The van der Waals surface area contributed by atoms with Crippen LogP contribution in [0.25, 0.3) is 21.9 Å². The number of likely N-dealkylation sites (tertiary alicyclic amines) is 1. The van der Waals surface area contributed by atoms with Crippen LogP contribution in [0.4, 0.5) is 0 Å². The van der Waals surface area contributed by atoms with E-state index < -0.39 is 16.1 Å². The number of rotatable bonds is 3. The molecule has 0 amide bonds. The van der Waals surface area contributed by atoms with Crippen LogP contribution >= 0.6 is 0 Å². The van der Waals surface area contributed by atoms with Crippen LogP contribution in [-0.2, 0) is 10.7 Å². The standard InChI is InChI=1S/C16H16N6O2S/c17-6-14(25(23)24)22-5-1-2-10(9-22)12-7-18-8-13-15(12)11-3-4-19-16(11)21-20-13/h3-4,7-8,10,14,25H,1-2,5,9H2,(H,19,21). The molecule has 8 nitrogen and oxygen atoms in total. The quantitative estimate of drug-likeness (QED) is 0.676. The third-order valence-corrected chi connectivity index (χ3v) is 5.60. The Hall–Kier alpha value is -2.57. The van der Waals surface area contributed by atoms with Gasteiger partial charge in [-0.2, -0.15) is 5.26 Å². The normalized spacial score (nSPS) is 20.1. The van der Waals surface area contributed by atoms with E-state index in [-0.39, 0.29) is 5.92 Å². The highest BCUT2D eigenvalue weighted by Crippen LogP contribution is 2.34. The van der Waals surface area contributed by atoms with Crippen LogP contribution in [0.1, 0.15) is 24.3 Å². The van der Waals surface area contributed by atoms with Gasteiger partial charge in [0.1, 0.15) is 5.52 Å². The van der Waals surface area contributed by atoms with Crippen molar-refractivity contribution in [1.82, 2.24) is 25.1 Å². The maximum atomic E-state index is 11.4. The van der Waals surface area contributed by atoms with E-state index in [1.807, 2.05) is 24.5 Å². The third-order valence-electron chi connectivity index (χ3n) is 4.76. The summed E-state index contributed by atoms with van der Waals surface area (Å²) < 4.78 is 22.7. The number of nitriles is 1. The number of aromatic amines is 1. The van der Waals surface area contributed by atoms with Gasteiger partial charge < -0.3 is 4.98 Å². The summed E-state index contributed by atoms with van der Waals surface area (Å²) in [5.74, 6) is 0.0954. The van der Waals surface area contributed by atoms with Gasteiger partial charge in [0, 0.05) is 36.3 Å². The van der Waals surface area contributed by atoms with Crippen molar-refractivity contribution in [3.8, 4) is 6.07 Å². The number of pyridine rings is 1. The van der Waals surface area contributed by atoms with Gasteiger partial charge >= 0.3 is 0 Å². The Bertz CT molecular complexity index is 1050.